The number of rotatable bonds is 3. The highest BCUT2D eigenvalue weighted by Gasteiger charge is 2.18. The molecular weight excluding hydrogens is 318 g/mol. The zero-order chi connectivity index (χ0) is 16.8. The number of nitrogens with two attached hydrogens (primary N) is 3. The third-order valence-corrected chi connectivity index (χ3v) is 4.43. The number of aromatic nitrogens is 4. The highest BCUT2D eigenvalue weighted by Crippen LogP contribution is 2.26. The molecule has 0 amide bonds. The topological polar surface area (TPSA) is 156 Å². The van der Waals surface area contributed by atoms with Crippen LogP contribution in [0.1, 0.15) is 17.3 Å². The van der Waals surface area contributed by atoms with Gasteiger partial charge in [0.25, 0.3) is 0 Å². The lowest BCUT2D eigenvalue weighted by Crippen LogP contribution is -2.16. The zero-order valence-electron chi connectivity index (χ0n) is 12.2. The Morgan fingerprint density at radius 1 is 1.17 bits per heavy atom. The summed E-state index contributed by atoms with van der Waals surface area (Å²) < 4.78 is 24.2. The minimum atomic E-state index is -3.75. The van der Waals surface area contributed by atoms with Gasteiger partial charge in [-0.1, -0.05) is 12.1 Å². The lowest BCUT2D eigenvalue weighted by molar-refractivity contribution is 0.597. The van der Waals surface area contributed by atoms with Crippen LogP contribution in [0.15, 0.2) is 35.4 Å². The van der Waals surface area contributed by atoms with Gasteiger partial charge in [-0.25, -0.2) is 18.5 Å². The van der Waals surface area contributed by atoms with Gasteiger partial charge in [0, 0.05) is 7.05 Å². The fourth-order valence-corrected chi connectivity index (χ4v) is 2.84. The van der Waals surface area contributed by atoms with Crippen LogP contribution in [0.25, 0.3) is 11.0 Å². The summed E-state index contributed by atoms with van der Waals surface area (Å²) in [5, 5.41) is 9.90. The first-order valence-corrected chi connectivity index (χ1v) is 8.15. The summed E-state index contributed by atoms with van der Waals surface area (Å²) in [4.78, 5) is 8.36. The average molecular weight is 333 g/mol. The minimum Gasteiger partial charge on any atom is -0.368 e. The molecule has 0 aliphatic heterocycles. The zero-order valence-corrected chi connectivity index (χ0v) is 13.0. The van der Waals surface area contributed by atoms with E-state index in [1.54, 1.807) is 30.1 Å². The van der Waals surface area contributed by atoms with E-state index in [0.717, 1.165) is 0 Å². The second-order valence-corrected chi connectivity index (χ2v) is 6.63. The number of primary sulfonamides is 1. The van der Waals surface area contributed by atoms with E-state index in [-0.39, 0.29) is 10.8 Å². The molecule has 0 aliphatic carbocycles. The smallest absolute Gasteiger partial charge is 0.238 e. The Labute approximate surface area is 132 Å². The van der Waals surface area contributed by atoms with E-state index in [2.05, 4.69) is 15.1 Å². The summed E-state index contributed by atoms with van der Waals surface area (Å²) in [6.07, 6.45) is 1.61. The third-order valence-electron chi connectivity index (χ3n) is 3.50. The molecule has 1 unspecified atom stereocenters. The average Bonchev–Trinajstić information content (AvgIpc) is 2.86. The van der Waals surface area contributed by atoms with Crippen LogP contribution in [-0.4, -0.2) is 28.2 Å². The summed E-state index contributed by atoms with van der Waals surface area (Å²) >= 11 is 0. The van der Waals surface area contributed by atoms with Gasteiger partial charge in [-0.05, 0) is 17.7 Å². The molecule has 0 saturated carbocycles. The summed E-state index contributed by atoms with van der Waals surface area (Å²) in [6, 6.07) is 5.36. The highest BCUT2D eigenvalue weighted by atomic mass is 32.2. The molecule has 6 N–H and O–H groups in total. The molecule has 3 aromatic rings. The second-order valence-electron chi connectivity index (χ2n) is 5.06. The lowest BCUT2D eigenvalue weighted by atomic mass is 10.0. The normalized spacial score (nSPS) is 13.3. The Hall–Kier alpha value is -2.56. The maximum absolute atomic E-state index is 11.3. The maximum Gasteiger partial charge on any atom is 0.238 e. The number of aryl methyl sites for hydroxylation is 1. The molecule has 0 fully saturated rings. The summed E-state index contributed by atoms with van der Waals surface area (Å²) in [5.74, 6) is 0.0905. The first-order valence-electron chi connectivity index (χ1n) is 6.61. The van der Waals surface area contributed by atoms with Crippen LogP contribution in [0, 0.1) is 0 Å². The Morgan fingerprint density at radius 3 is 2.43 bits per heavy atom. The summed E-state index contributed by atoms with van der Waals surface area (Å²) in [6.45, 7) is 0. The Morgan fingerprint density at radius 2 is 1.83 bits per heavy atom. The van der Waals surface area contributed by atoms with E-state index in [1.165, 1.54) is 12.1 Å². The molecule has 120 valence electrons. The predicted octanol–water partition coefficient (Wildman–Crippen LogP) is -0.359. The van der Waals surface area contributed by atoms with Crippen molar-refractivity contribution in [3.05, 3.63) is 41.7 Å². The maximum atomic E-state index is 11.3. The van der Waals surface area contributed by atoms with Gasteiger partial charge in [-0.2, -0.15) is 10.1 Å². The molecule has 1 aromatic carbocycles. The van der Waals surface area contributed by atoms with E-state index in [9.17, 15) is 8.42 Å². The molecule has 1 atom stereocenters. The van der Waals surface area contributed by atoms with Crippen LogP contribution in [0.5, 0.6) is 0 Å². The number of hydrogen-bond donors (Lipinski definition) is 3. The fraction of sp³-hybridized carbons (Fsp3) is 0.154. The number of fused-ring (bicyclic) bond motifs is 1. The molecule has 3 rings (SSSR count). The molecule has 0 aliphatic rings. The third kappa shape index (κ3) is 2.74. The van der Waals surface area contributed by atoms with Crippen LogP contribution in [0.3, 0.4) is 0 Å². The fourth-order valence-electron chi connectivity index (χ4n) is 2.32. The van der Waals surface area contributed by atoms with Crippen molar-refractivity contribution in [3.63, 3.8) is 0 Å². The molecule has 0 saturated heterocycles. The van der Waals surface area contributed by atoms with E-state index >= 15 is 0 Å². The van der Waals surface area contributed by atoms with Crippen LogP contribution < -0.4 is 16.6 Å². The van der Waals surface area contributed by atoms with Gasteiger partial charge in [-0.15, -0.1) is 0 Å². The van der Waals surface area contributed by atoms with Gasteiger partial charge in [-0.3, -0.25) is 4.68 Å². The molecule has 0 spiro atoms. The molecule has 9 nitrogen and oxygen atoms in total. The van der Waals surface area contributed by atoms with Crippen molar-refractivity contribution < 1.29 is 8.42 Å². The van der Waals surface area contributed by atoms with Crippen molar-refractivity contribution >= 4 is 27.0 Å². The van der Waals surface area contributed by atoms with Crippen molar-refractivity contribution in [3.8, 4) is 0 Å². The number of benzene rings is 1. The number of anilines is 1. The number of nitrogen functional groups attached to an aromatic ring is 1. The van der Waals surface area contributed by atoms with E-state index < -0.39 is 16.1 Å². The van der Waals surface area contributed by atoms with Gasteiger partial charge < -0.3 is 11.5 Å². The number of nitrogens with zero attached hydrogens (tertiary/aromatic N) is 4. The first kappa shape index (κ1) is 15.3. The predicted molar refractivity (Wildman–Crippen MR) is 84.6 cm³/mol. The van der Waals surface area contributed by atoms with E-state index in [1.807, 2.05) is 0 Å². The largest absolute Gasteiger partial charge is 0.368 e. The van der Waals surface area contributed by atoms with Crippen LogP contribution in [-0.2, 0) is 17.1 Å². The molecule has 0 radical (unpaired) electrons. The summed E-state index contributed by atoms with van der Waals surface area (Å²) in [5.41, 5.74) is 13.7. The number of hydrogen-bond acceptors (Lipinski definition) is 7. The highest BCUT2D eigenvalue weighted by molar-refractivity contribution is 7.89. The van der Waals surface area contributed by atoms with Crippen molar-refractivity contribution in [2.75, 3.05) is 5.73 Å². The van der Waals surface area contributed by atoms with Crippen LogP contribution >= 0.6 is 0 Å². The minimum absolute atomic E-state index is 0.0159. The molecule has 2 aromatic heterocycles. The van der Waals surface area contributed by atoms with Crippen molar-refractivity contribution in [2.24, 2.45) is 17.9 Å². The summed E-state index contributed by atoms with van der Waals surface area (Å²) in [7, 11) is -2.01. The molecular formula is C13H15N7O2S. The Kier molecular flexibility index (Phi) is 3.51. The monoisotopic (exact) mass is 333 g/mol. The van der Waals surface area contributed by atoms with E-state index in [0.29, 0.717) is 22.3 Å². The van der Waals surface area contributed by atoms with Gasteiger partial charge >= 0.3 is 0 Å². The number of sulfonamides is 1. The van der Waals surface area contributed by atoms with Gasteiger partial charge in [0.05, 0.1) is 28.2 Å². The van der Waals surface area contributed by atoms with E-state index in [4.69, 9.17) is 16.6 Å². The molecule has 0 bridgehead atoms. The molecule has 2 heterocycles. The first-order chi connectivity index (χ1) is 10.8. The van der Waals surface area contributed by atoms with Gasteiger partial charge in [0.15, 0.2) is 5.65 Å². The van der Waals surface area contributed by atoms with Gasteiger partial charge in [0.2, 0.25) is 16.0 Å². The van der Waals surface area contributed by atoms with Crippen molar-refractivity contribution in [1.29, 1.82) is 0 Å². The second kappa shape index (κ2) is 5.26. The molecule has 10 heteroatoms. The Bertz CT molecular complexity index is 979. The Balaban J connectivity index is 2.08. The van der Waals surface area contributed by atoms with Crippen LogP contribution in [0.4, 0.5) is 5.95 Å². The quantitative estimate of drug-likeness (QED) is 0.591. The lowest BCUT2D eigenvalue weighted by Gasteiger charge is -2.13. The SMILES string of the molecule is Cn1ncc2c(C(N)c3ccc(S(N)(=O)=O)cc3)nc(N)nc21. The van der Waals surface area contributed by atoms with Gasteiger partial charge in [0.1, 0.15) is 0 Å². The van der Waals surface area contributed by atoms with Crippen molar-refractivity contribution in [1.82, 2.24) is 19.7 Å². The van der Waals surface area contributed by atoms with Crippen LogP contribution in [0.2, 0.25) is 0 Å². The van der Waals surface area contributed by atoms with Crippen molar-refractivity contribution in [2.45, 2.75) is 10.9 Å². The molecule has 23 heavy (non-hydrogen) atoms. The standard InChI is InChI=1S/C13H15N7O2S/c1-20-12-9(6-17-20)11(18-13(15)19-12)10(14)7-2-4-8(5-3-7)23(16,21)22/h2-6,10H,14H2,1H3,(H2,15,18,19)(H2,16,21,22).